The molecule has 0 spiro atoms. The van der Waals surface area contributed by atoms with Crippen LogP contribution >= 0.6 is 0 Å². The molecule has 3 heterocycles. The number of pyridine rings is 1. The van der Waals surface area contributed by atoms with Gasteiger partial charge in [0.25, 0.3) is 0 Å². The molecule has 1 saturated carbocycles. The van der Waals surface area contributed by atoms with Gasteiger partial charge in [0.1, 0.15) is 11.3 Å². The van der Waals surface area contributed by atoms with Gasteiger partial charge in [-0.25, -0.2) is 4.98 Å². The highest BCUT2D eigenvalue weighted by Gasteiger charge is 2.33. The van der Waals surface area contributed by atoms with Crippen molar-refractivity contribution < 1.29 is 0 Å². The Morgan fingerprint density at radius 1 is 1.35 bits per heavy atom. The molecule has 0 bridgehead atoms. The molecule has 4 rings (SSSR count). The Labute approximate surface area is 116 Å². The lowest BCUT2D eigenvalue weighted by Gasteiger charge is -1.98. The minimum absolute atomic E-state index is 0.516. The van der Waals surface area contributed by atoms with E-state index < -0.39 is 0 Å². The highest BCUT2D eigenvalue weighted by molar-refractivity contribution is 5.61. The lowest BCUT2D eigenvalue weighted by atomic mass is 10.3. The highest BCUT2D eigenvalue weighted by atomic mass is 15.3. The van der Waals surface area contributed by atoms with E-state index in [4.69, 9.17) is 0 Å². The Bertz CT molecular complexity index is 771. The number of aryl methyl sites for hydroxylation is 1. The van der Waals surface area contributed by atoms with Crippen LogP contribution < -0.4 is 5.32 Å². The SMILES string of the molecule is Cc1nc2ccccn2c1-c1nc(NC2CC2C)n[nH]1. The van der Waals surface area contributed by atoms with Crippen molar-refractivity contribution in [1.29, 1.82) is 0 Å². The Balaban J connectivity index is 1.73. The van der Waals surface area contributed by atoms with Gasteiger partial charge < -0.3 is 5.32 Å². The third-order valence-corrected chi connectivity index (χ3v) is 3.84. The van der Waals surface area contributed by atoms with Crippen molar-refractivity contribution in [3.05, 3.63) is 30.1 Å². The topological polar surface area (TPSA) is 70.9 Å². The predicted molar refractivity (Wildman–Crippen MR) is 76.5 cm³/mol. The molecule has 1 aliphatic rings. The summed E-state index contributed by atoms with van der Waals surface area (Å²) in [6, 6.07) is 6.46. The number of nitrogens with zero attached hydrogens (tertiary/aromatic N) is 4. The first kappa shape index (κ1) is 11.5. The maximum Gasteiger partial charge on any atom is 0.242 e. The quantitative estimate of drug-likeness (QED) is 0.764. The summed E-state index contributed by atoms with van der Waals surface area (Å²) in [7, 11) is 0. The van der Waals surface area contributed by atoms with Gasteiger partial charge in [-0.2, -0.15) is 4.98 Å². The van der Waals surface area contributed by atoms with Crippen LogP contribution in [0.15, 0.2) is 24.4 Å². The van der Waals surface area contributed by atoms with E-state index in [2.05, 4.69) is 32.4 Å². The van der Waals surface area contributed by atoms with Crippen LogP contribution in [0.2, 0.25) is 0 Å². The zero-order valence-corrected chi connectivity index (χ0v) is 11.5. The molecule has 0 aromatic carbocycles. The van der Waals surface area contributed by atoms with E-state index in [1.807, 2.05) is 35.7 Å². The Hall–Kier alpha value is -2.37. The minimum Gasteiger partial charge on any atom is -0.350 e. The largest absolute Gasteiger partial charge is 0.350 e. The fourth-order valence-corrected chi connectivity index (χ4v) is 2.52. The normalized spacial score (nSPS) is 21.3. The molecular weight excluding hydrogens is 252 g/mol. The van der Waals surface area contributed by atoms with E-state index >= 15 is 0 Å². The maximum atomic E-state index is 4.54. The second-order valence-electron chi connectivity index (χ2n) is 5.45. The third kappa shape index (κ3) is 1.76. The van der Waals surface area contributed by atoms with E-state index in [9.17, 15) is 0 Å². The predicted octanol–water partition coefficient (Wildman–Crippen LogP) is 2.25. The van der Waals surface area contributed by atoms with Crippen LogP contribution in [0.5, 0.6) is 0 Å². The first-order valence-electron chi connectivity index (χ1n) is 6.85. The average molecular weight is 268 g/mol. The molecular formula is C14H16N6. The zero-order valence-electron chi connectivity index (χ0n) is 11.5. The van der Waals surface area contributed by atoms with Gasteiger partial charge in [-0.15, -0.1) is 5.10 Å². The number of anilines is 1. The number of rotatable bonds is 3. The van der Waals surface area contributed by atoms with Crippen LogP contribution in [-0.2, 0) is 0 Å². The highest BCUT2D eigenvalue weighted by Crippen LogP contribution is 2.32. The van der Waals surface area contributed by atoms with Crippen molar-refractivity contribution in [2.45, 2.75) is 26.3 Å². The molecule has 1 aliphatic carbocycles. The summed E-state index contributed by atoms with van der Waals surface area (Å²) in [5.74, 6) is 2.13. The summed E-state index contributed by atoms with van der Waals surface area (Å²) >= 11 is 0. The fraction of sp³-hybridized carbons (Fsp3) is 0.357. The van der Waals surface area contributed by atoms with Crippen LogP contribution in [-0.4, -0.2) is 30.6 Å². The fourth-order valence-electron chi connectivity index (χ4n) is 2.52. The van der Waals surface area contributed by atoms with Gasteiger partial charge in [-0.3, -0.25) is 9.50 Å². The minimum atomic E-state index is 0.516. The van der Waals surface area contributed by atoms with Gasteiger partial charge in [0.05, 0.1) is 5.69 Å². The summed E-state index contributed by atoms with van der Waals surface area (Å²) in [6.45, 7) is 4.21. The number of H-pyrrole nitrogens is 1. The molecule has 0 amide bonds. The van der Waals surface area contributed by atoms with Crippen LogP contribution in [0.1, 0.15) is 19.0 Å². The number of nitrogens with one attached hydrogen (secondary N) is 2. The van der Waals surface area contributed by atoms with Gasteiger partial charge in [0.2, 0.25) is 5.95 Å². The Kier molecular flexibility index (Phi) is 2.33. The zero-order chi connectivity index (χ0) is 13.7. The van der Waals surface area contributed by atoms with Crippen LogP contribution in [0, 0.1) is 12.8 Å². The summed E-state index contributed by atoms with van der Waals surface area (Å²) < 4.78 is 2.03. The van der Waals surface area contributed by atoms with Gasteiger partial charge in [-0.1, -0.05) is 13.0 Å². The Morgan fingerprint density at radius 3 is 3.00 bits per heavy atom. The number of hydrogen-bond acceptors (Lipinski definition) is 4. The molecule has 102 valence electrons. The lowest BCUT2D eigenvalue weighted by Crippen LogP contribution is -2.04. The van der Waals surface area contributed by atoms with E-state index in [1.165, 1.54) is 6.42 Å². The van der Waals surface area contributed by atoms with Crippen molar-refractivity contribution >= 4 is 11.6 Å². The molecule has 3 aromatic heterocycles. The molecule has 2 unspecified atom stereocenters. The van der Waals surface area contributed by atoms with E-state index in [-0.39, 0.29) is 0 Å². The molecule has 2 N–H and O–H groups in total. The van der Waals surface area contributed by atoms with E-state index in [1.54, 1.807) is 0 Å². The van der Waals surface area contributed by atoms with Gasteiger partial charge in [0, 0.05) is 12.2 Å². The van der Waals surface area contributed by atoms with Crippen molar-refractivity contribution in [3.63, 3.8) is 0 Å². The number of aromatic amines is 1. The van der Waals surface area contributed by atoms with E-state index in [0.29, 0.717) is 12.0 Å². The van der Waals surface area contributed by atoms with Crippen molar-refractivity contribution in [3.8, 4) is 11.5 Å². The number of hydrogen-bond donors (Lipinski definition) is 2. The Morgan fingerprint density at radius 2 is 2.20 bits per heavy atom. The number of aromatic nitrogens is 5. The summed E-state index contributed by atoms with van der Waals surface area (Å²) in [5, 5.41) is 10.6. The van der Waals surface area contributed by atoms with Crippen LogP contribution in [0.25, 0.3) is 17.2 Å². The standard InChI is InChI=1S/C14H16N6/c1-8-7-10(8)16-14-17-13(18-19-14)12-9(2)15-11-5-3-4-6-20(11)12/h3-6,8,10H,7H2,1-2H3,(H2,16,17,18,19). The monoisotopic (exact) mass is 268 g/mol. The van der Waals surface area contributed by atoms with Gasteiger partial charge in [0.15, 0.2) is 5.82 Å². The molecule has 6 heteroatoms. The van der Waals surface area contributed by atoms with Gasteiger partial charge >= 0.3 is 0 Å². The van der Waals surface area contributed by atoms with Crippen LogP contribution in [0.3, 0.4) is 0 Å². The second kappa shape index (κ2) is 4.06. The first-order valence-corrected chi connectivity index (χ1v) is 6.85. The summed E-state index contributed by atoms with van der Waals surface area (Å²) in [6.07, 6.45) is 3.18. The first-order chi connectivity index (χ1) is 9.72. The van der Waals surface area contributed by atoms with Crippen LogP contribution in [0.4, 0.5) is 5.95 Å². The molecule has 0 aliphatic heterocycles. The summed E-state index contributed by atoms with van der Waals surface area (Å²) in [5.41, 5.74) is 2.82. The third-order valence-electron chi connectivity index (χ3n) is 3.84. The smallest absolute Gasteiger partial charge is 0.242 e. The van der Waals surface area contributed by atoms with Crippen molar-refractivity contribution in [1.82, 2.24) is 24.6 Å². The molecule has 1 fully saturated rings. The van der Waals surface area contributed by atoms with Crippen molar-refractivity contribution in [2.75, 3.05) is 5.32 Å². The lowest BCUT2D eigenvalue weighted by molar-refractivity contribution is 0.915. The number of fused-ring (bicyclic) bond motifs is 1. The molecule has 20 heavy (non-hydrogen) atoms. The average Bonchev–Trinajstić information content (AvgIpc) is 2.85. The molecule has 0 radical (unpaired) electrons. The van der Waals surface area contributed by atoms with E-state index in [0.717, 1.165) is 28.8 Å². The maximum absolute atomic E-state index is 4.54. The van der Waals surface area contributed by atoms with Gasteiger partial charge in [-0.05, 0) is 31.4 Å². The molecule has 2 atom stereocenters. The molecule has 3 aromatic rings. The van der Waals surface area contributed by atoms with Crippen molar-refractivity contribution in [2.24, 2.45) is 5.92 Å². The molecule has 0 saturated heterocycles. The second-order valence-corrected chi connectivity index (χ2v) is 5.45. The molecule has 6 nitrogen and oxygen atoms in total. The summed E-state index contributed by atoms with van der Waals surface area (Å²) in [4.78, 5) is 9.08. The number of imidazole rings is 1.